The van der Waals surface area contributed by atoms with Crippen molar-refractivity contribution in [1.82, 2.24) is 14.7 Å². The number of benzene rings is 2. The molecular formula is C22H31N3O2. The fourth-order valence-electron chi connectivity index (χ4n) is 3.84. The fourth-order valence-corrected chi connectivity index (χ4v) is 3.84. The molecule has 146 valence electrons. The van der Waals surface area contributed by atoms with E-state index < -0.39 is 0 Å². The van der Waals surface area contributed by atoms with E-state index in [1.165, 1.54) is 10.8 Å². The van der Waals surface area contributed by atoms with Crippen molar-refractivity contribution in [3.05, 3.63) is 48.0 Å². The van der Waals surface area contributed by atoms with Gasteiger partial charge in [-0.25, -0.2) is 0 Å². The number of likely N-dealkylation sites (N-methyl/N-ethyl adjacent to an activating group) is 2. The van der Waals surface area contributed by atoms with Gasteiger partial charge in [-0.15, -0.1) is 0 Å². The largest absolute Gasteiger partial charge is 0.396 e. The van der Waals surface area contributed by atoms with Crippen molar-refractivity contribution in [2.45, 2.75) is 25.4 Å². The molecule has 5 heteroatoms. The monoisotopic (exact) mass is 369 g/mol. The van der Waals surface area contributed by atoms with Crippen LogP contribution in [0, 0.1) is 0 Å². The van der Waals surface area contributed by atoms with Crippen LogP contribution in [0.4, 0.5) is 0 Å². The lowest BCUT2D eigenvalue weighted by Crippen LogP contribution is -2.51. The van der Waals surface area contributed by atoms with Crippen LogP contribution in [0.25, 0.3) is 10.8 Å². The maximum absolute atomic E-state index is 13.1. The van der Waals surface area contributed by atoms with Gasteiger partial charge in [-0.3, -0.25) is 4.79 Å². The average Bonchev–Trinajstić information content (AvgIpc) is 2.68. The average molecular weight is 370 g/mol. The molecule has 3 rings (SSSR count). The third-order valence-corrected chi connectivity index (χ3v) is 5.57. The molecule has 0 saturated carbocycles. The van der Waals surface area contributed by atoms with Crippen LogP contribution in [0.2, 0.25) is 0 Å². The zero-order valence-corrected chi connectivity index (χ0v) is 16.5. The van der Waals surface area contributed by atoms with Gasteiger partial charge in [0.25, 0.3) is 0 Å². The van der Waals surface area contributed by atoms with Gasteiger partial charge < -0.3 is 19.8 Å². The van der Waals surface area contributed by atoms with E-state index in [0.717, 1.165) is 25.2 Å². The van der Waals surface area contributed by atoms with Gasteiger partial charge in [0.2, 0.25) is 5.91 Å². The number of nitrogens with zero attached hydrogens (tertiary/aromatic N) is 3. The molecule has 0 radical (unpaired) electrons. The summed E-state index contributed by atoms with van der Waals surface area (Å²) in [6.45, 7) is 4.24. The lowest BCUT2D eigenvalue weighted by molar-refractivity contribution is -0.133. The van der Waals surface area contributed by atoms with Crippen molar-refractivity contribution < 1.29 is 9.90 Å². The van der Waals surface area contributed by atoms with Crippen LogP contribution in [0.5, 0.6) is 0 Å². The van der Waals surface area contributed by atoms with Gasteiger partial charge in [-0.1, -0.05) is 42.5 Å². The minimum absolute atomic E-state index is 0.103. The topological polar surface area (TPSA) is 47.0 Å². The number of carbonyl (C=O) groups is 1. The Balaban J connectivity index is 1.75. The van der Waals surface area contributed by atoms with E-state index >= 15 is 0 Å². The third-order valence-electron chi connectivity index (χ3n) is 5.57. The molecular weight excluding hydrogens is 338 g/mol. The maximum Gasteiger partial charge on any atom is 0.224 e. The number of hydrogen-bond acceptors (Lipinski definition) is 4. The highest BCUT2D eigenvalue weighted by Crippen LogP contribution is 2.21. The quantitative estimate of drug-likeness (QED) is 0.813. The van der Waals surface area contributed by atoms with Crippen LogP contribution in [0.1, 0.15) is 18.4 Å². The molecule has 1 aliphatic heterocycles. The maximum atomic E-state index is 13.1. The normalized spacial score (nSPS) is 18.7. The number of aliphatic hydroxyl groups is 1. The van der Waals surface area contributed by atoms with Crippen molar-refractivity contribution in [3.63, 3.8) is 0 Å². The van der Waals surface area contributed by atoms with Gasteiger partial charge in [-0.05, 0) is 36.9 Å². The van der Waals surface area contributed by atoms with Gasteiger partial charge in [0.05, 0.1) is 0 Å². The Kier molecular flexibility index (Phi) is 6.83. The summed E-state index contributed by atoms with van der Waals surface area (Å²) in [7, 11) is 4.22. The molecule has 1 amide bonds. The molecule has 1 unspecified atom stereocenters. The Morgan fingerprint density at radius 3 is 2.74 bits per heavy atom. The van der Waals surface area contributed by atoms with Crippen LogP contribution < -0.4 is 0 Å². The summed E-state index contributed by atoms with van der Waals surface area (Å²) in [4.78, 5) is 19.6. The SMILES string of the molecule is CN1CCN(C)C(CC(=O)N(CCCO)Cc2cccc3ccccc23)C1. The molecule has 1 saturated heterocycles. The third kappa shape index (κ3) is 5.06. The molecule has 2 aromatic rings. The number of hydrogen-bond donors (Lipinski definition) is 1. The summed E-state index contributed by atoms with van der Waals surface area (Å²) in [6, 6.07) is 14.8. The van der Waals surface area contributed by atoms with E-state index in [9.17, 15) is 9.90 Å². The number of carbonyl (C=O) groups excluding carboxylic acids is 1. The smallest absolute Gasteiger partial charge is 0.224 e. The summed E-state index contributed by atoms with van der Waals surface area (Å²) < 4.78 is 0. The van der Waals surface area contributed by atoms with Crippen LogP contribution >= 0.6 is 0 Å². The minimum atomic E-state index is 0.103. The second-order valence-corrected chi connectivity index (χ2v) is 7.63. The second-order valence-electron chi connectivity index (χ2n) is 7.63. The van der Waals surface area contributed by atoms with Crippen molar-refractivity contribution in [1.29, 1.82) is 0 Å². The van der Waals surface area contributed by atoms with Gasteiger partial charge in [0.1, 0.15) is 0 Å². The van der Waals surface area contributed by atoms with Crippen LogP contribution in [0.15, 0.2) is 42.5 Å². The Morgan fingerprint density at radius 1 is 1.15 bits per heavy atom. The summed E-state index contributed by atoms with van der Waals surface area (Å²) >= 11 is 0. The Hall–Kier alpha value is -1.95. The molecule has 1 fully saturated rings. The Labute approximate surface area is 162 Å². The molecule has 0 bridgehead atoms. The molecule has 0 aliphatic carbocycles. The van der Waals surface area contributed by atoms with E-state index in [1.54, 1.807) is 0 Å². The van der Waals surface area contributed by atoms with E-state index in [2.05, 4.69) is 54.2 Å². The van der Waals surface area contributed by atoms with E-state index in [-0.39, 0.29) is 18.6 Å². The minimum Gasteiger partial charge on any atom is -0.396 e. The lowest BCUT2D eigenvalue weighted by Gasteiger charge is -2.38. The van der Waals surface area contributed by atoms with Crippen LogP contribution in [-0.4, -0.2) is 78.6 Å². The molecule has 2 aromatic carbocycles. The van der Waals surface area contributed by atoms with Crippen LogP contribution in [-0.2, 0) is 11.3 Å². The second kappa shape index (κ2) is 9.31. The first-order valence-electron chi connectivity index (χ1n) is 9.82. The molecule has 0 spiro atoms. The summed E-state index contributed by atoms with van der Waals surface area (Å²) in [6.07, 6.45) is 1.13. The van der Waals surface area contributed by atoms with Crippen LogP contribution in [0.3, 0.4) is 0 Å². The van der Waals surface area contributed by atoms with E-state index in [4.69, 9.17) is 0 Å². The predicted molar refractivity (Wildman–Crippen MR) is 110 cm³/mol. The standard InChI is InChI=1S/C22H31N3O2/c1-23-12-13-24(2)20(17-23)15-22(27)25(11-6-14-26)16-19-9-5-8-18-7-3-4-10-21(18)19/h3-5,7-10,20,26H,6,11-17H2,1-2H3. The number of piperazine rings is 1. The number of rotatable bonds is 7. The zero-order valence-electron chi connectivity index (χ0n) is 16.5. The highest BCUT2D eigenvalue weighted by molar-refractivity contribution is 5.86. The lowest BCUT2D eigenvalue weighted by atomic mass is 10.0. The first-order chi connectivity index (χ1) is 13.1. The molecule has 5 nitrogen and oxygen atoms in total. The molecule has 1 N–H and O–H groups in total. The van der Waals surface area contributed by atoms with Crippen molar-refractivity contribution in [2.75, 3.05) is 46.9 Å². The van der Waals surface area contributed by atoms with Crippen molar-refractivity contribution >= 4 is 16.7 Å². The molecule has 1 heterocycles. The van der Waals surface area contributed by atoms with Crippen molar-refractivity contribution in [3.8, 4) is 0 Å². The highest BCUT2D eigenvalue weighted by Gasteiger charge is 2.26. The molecule has 1 atom stereocenters. The van der Waals surface area contributed by atoms with E-state index in [1.807, 2.05) is 17.0 Å². The summed E-state index contributed by atoms with van der Waals surface area (Å²) in [5.74, 6) is 0.170. The van der Waals surface area contributed by atoms with Gasteiger partial charge in [-0.2, -0.15) is 0 Å². The van der Waals surface area contributed by atoms with Gasteiger partial charge in [0.15, 0.2) is 0 Å². The first kappa shape index (κ1) is 19.8. The van der Waals surface area contributed by atoms with E-state index in [0.29, 0.717) is 25.9 Å². The number of aliphatic hydroxyl groups excluding tert-OH is 1. The molecule has 1 aliphatic rings. The van der Waals surface area contributed by atoms with Gasteiger partial charge in [0, 0.05) is 51.8 Å². The first-order valence-corrected chi connectivity index (χ1v) is 9.82. The molecule has 0 aromatic heterocycles. The van der Waals surface area contributed by atoms with Gasteiger partial charge >= 0.3 is 0 Å². The molecule has 27 heavy (non-hydrogen) atoms. The Bertz CT molecular complexity index is 759. The zero-order chi connectivity index (χ0) is 19.2. The summed E-state index contributed by atoms with van der Waals surface area (Å²) in [5, 5.41) is 11.7. The van der Waals surface area contributed by atoms with Crippen molar-refractivity contribution in [2.24, 2.45) is 0 Å². The Morgan fingerprint density at radius 2 is 1.93 bits per heavy atom. The number of fused-ring (bicyclic) bond motifs is 1. The highest BCUT2D eigenvalue weighted by atomic mass is 16.3. The predicted octanol–water partition coefficient (Wildman–Crippen LogP) is 2.19. The number of amides is 1. The summed E-state index contributed by atoms with van der Waals surface area (Å²) in [5.41, 5.74) is 1.16. The fraction of sp³-hybridized carbons (Fsp3) is 0.500.